The van der Waals surface area contributed by atoms with Gasteiger partial charge >= 0.3 is 0 Å². The largest absolute Gasteiger partial charge is 0.252 e. The molecule has 1 heterocycles. The first kappa shape index (κ1) is 11.4. The van der Waals surface area contributed by atoms with E-state index in [-0.39, 0.29) is 0 Å². The zero-order valence-corrected chi connectivity index (χ0v) is 10.3. The quantitative estimate of drug-likeness (QED) is 0.754. The lowest BCUT2D eigenvalue weighted by Gasteiger charge is -2.37. The van der Waals surface area contributed by atoms with Crippen LogP contribution in [-0.2, 0) is 0 Å². The summed E-state index contributed by atoms with van der Waals surface area (Å²) in [5.41, 5.74) is 3.75. The lowest BCUT2D eigenvalue weighted by atomic mass is 9.81. The van der Waals surface area contributed by atoms with Crippen molar-refractivity contribution in [3.05, 3.63) is 0 Å². The number of nitrogens with zero attached hydrogens (tertiary/aromatic N) is 1. The normalized spacial score (nSPS) is 39.2. The van der Waals surface area contributed by atoms with E-state index in [0.717, 1.165) is 17.9 Å². The molecule has 1 saturated carbocycles. The number of rotatable bonds is 2. The molecule has 0 bridgehead atoms. The van der Waals surface area contributed by atoms with Gasteiger partial charge in [0.1, 0.15) is 0 Å². The standard InChI is InChI=1S/C13H26N2/c1-11-8-12(2)10-13(9-11)14-15-6-4-3-5-7-15/h11-14H,3-10H2,1-2H3. The van der Waals surface area contributed by atoms with E-state index < -0.39 is 0 Å². The highest BCUT2D eigenvalue weighted by Gasteiger charge is 2.25. The van der Waals surface area contributed by atoms with E-state index >= 15 is 0 Å². The van der Waals surface area contributed by atoms with Crippen LogP contribution < -0.4 is 5.43 Å². The highest BCUT2D eigenvalue weighted by molar-refractivity contribution is 4.79. The zero-order chi connectivity index (χ0) is 10.7. The van der Waals surface area contributed by atoms with Gasteiger partial charge in [-0.3, -0.25) is 5.43 Å². The third kappa shape index (κ3) is 3.46. The van der Waals surface area contributed by atoms with Crippen LogP contribution in [0, 0.1) is 11.8 Å². The summed E-state index contributed by atoms with van der Waals surface area (Å²) in [7, 11) is 0. The second kappa shape index (κ2) is 5.31. The van der Waals surface area contributed by atoms with Crippen LogP contribution in [0.3, 0.4) is 0 Å². The average Bonchev–Trinajstić information content (AvgIpc) is 2.17. The number of hydrogen-bond donors (Lipinski definition) is 1. The van der Waals surface area contributed by atoms with Crippen LogP contribution in [0.25, 0.3) is 0 Å². The van der Waals surface area contributed by atoms with Crippen LogP contribution in [-0.4, -0.2) is 24.1 Å². The first-order valence-electron chi connectivity index (χ1n) is 6.75. The first-order valence-corrected chi connectivity index (χ1v) is 6.75. The van der Waals surface area contributed by atoms with Gasteiger partial charge in [0, 0.05) is 19.1 Å². The molecule has 0 aromatic rings. The minimum atomic E-state index is 0.752. The van der Waals surface area contributed by atoms with E-state index in [9.17, 15) is 0 Å². The third-order valence-electron chi connectivity index (χ3n) is 3.90. The van der Waals surface area contributed by atoms with Gasteiger partial charge in [-0.1, -0.05) is 20.3 Å². The summed E-state index contributed by atoms with van der Waals surface area (Å²) < 4.78 is 0. The monoisotopic (exact) mass is 210 g/mol. The van der Waals surface area contributed by atoms with Gasteiger partial charge in [-0.15, -0.1) is 0 Å². The fourth-order valence-corrected chi connectivity index (χ4v) is 3.33. The minimum absolute atomic E-state index is 0.752. The zero-order valence-electron chi connectivity index (χ0n) is 10.3. The maximum atomic E-state index is 3.75. The molecule has 0 aromatic carbocycles. The molecule has 88 valence electrons. The second-order valence-corrected chi connectivity index (χ2v) is 5.79. The van der Waals surface area contributed by atoms with Gasteiger partial charge in [-0.25, -0.2) is 5.01 Å². The SMILES string of the molecule is CC1CC(C)CC(NN2CCCCC2)C1. The van der Waals surface area contributed by atoms with Gasteiger partial charge in [0.15, 0.2) is 0 Å². The molecular formula is C13H26N2. The molecule has 1 saturated heterocycles. The molecule has 0 aromatic heterocycles. The Morgan fingerprint density at radius 1 is 0.867 bits per heavy atom. The Bertz CT molecular complexity index is 177. The molecule has 2 rings (SSSR count). The molecule has 2 nitrogen and oxygen atoms in total. The van der Waals surface area contributed by atoms with Crippen LogP contribution >= 0.6 is 0 Å². The predicted octanol–water partition coefficient (Wildman–Crippen LogP) is 2.80. The molecule has 2 aliphatic rings. The first-order chi connectivity index (χ1) is 7.24. The summed E-state index contributed by atoms with van der Waals surface area (Å²) >= 11 is 0. The van der Waals surface area contributed by atoms with Crippen molar-refractivity contribution in [3.63, 3.8) is 0 Å². The fraction of sp³-hybridized carbons (Fsp3) is 1.00. The molecule has 1 aliphatic carbocycles. The van der Waals surface area contributed by atoms with Crippen molar-refractivity contribution in [3.8, 4) is 0 Å². The number of piperidine rings is 1. The van der Waals surface area contributed by atoms with Crippen LogP contribution in [0.5, 0.6) is 0 Å². The molecule has 1 aliphatic heterocycles. The Balaban J connectivity index is 1.77. The number of hydrogen-bond acceptors (Lipinski definition) is 2. The van der Waals surface area contributed by atoms with Crippen molar-refractivity contribution in [1.82, 2.24) is 10.4 Å². The summed E-state index contributed by atoms with van der Waals surface area (Å²) in [6.45, 7) is 7.33. The Morgan fingerprint density at radius 2 is 1.47 bits per heavy atom. The van der Waals surface area contributed by atoms with Crippen LogP contribution in [0.2, 0.25) is 0 Å². The molecule has 2 fully saturated rings. The van der Waals surface area contributed by atoms with E-state index in [1.807, 2.05) is 0 Å². The summed E-state index contributed by atoms with van der Waals surface area (Å²) in [6.07, 6.45) is 8.37. The lowest BCUT2D eigenvalue weighted by Crippen LogP contribution is -2.49. The molecule has 0 amide bonds. The highest BCUT2D eigenvalue weighted by atomic mass is 15.5. The van der Waals surface area contributed by atoms with E-state index in [1.54, 1.807) is 0 Å². The van der Waals surface area contributed by atoms with Crippen molar-refractivity contribution >= 4 is 0 Å². The van der Waals surface area contributed by atoms with Crippen molar-refractivity contribution in [1.29, 1.82) is 0 Å². The highest BCUT2D eigenvalue weighted by Crippen LogP contribution is 2.28. The van der Waals surface area contributed by atoms with E-state index in [4.69, 9.17) is 0 Å². The van der Waals surface area contributed by atoms with Crippen molar-refractivity contribution in [2.24, 2.45) is 11.8 Å². The lowest BCUT2D eigenvalue weighted by molar-refractivity contribution is 0.0934. The molecule has 1 N–H and O–H groups in total. The molecular weight excluding hydrogens is 184 g/mol. The maximum absolute atomic E-state index is 3.75. The molecule has 15 heavy (non-hydrogen) atoms. The Morgan fingerprint density at radius 3 is 2.07 bits per heavy atom. The van der Waals surface area contributed by atoms with E-state index in [2.05, 4.69) is 24.3 Å². The maximum Gasteiger partial charge on any atom is 0.0220 e. The van der Waals surface area contributed by atoms with E-state index in [1.165, 1.54) is 51.6 Å². The number of nitrogens with one attached hydrogen (secondary N) is 1. The van der Waals surface area contributed by atoms with Gasteiger partial charge < -0.3 is 0 Å². The average molecular weight is 210 g/mol. The second-order valence-electron chi connectivity index (χ2n) is 5.79. The summed E-state index contributed by atoms with van der Waals surface area (Å²) in [5.74, 6) is 1.83. The van der Waals surface area contributed by atoms with Gasteiger partial charge in [-0.05, 0) is 43.9 Å². The Kier molecular flexibility index (Phi) is 4.04. The predicted molar refractivity (Wildman–Crippen MR) is 64.5 cm³/mol. The van der Waals surface area contributed by atoms with Crippen LogP contribution in [0.15, 0.2) is 0 Å². The van der Waals surface area contributed by atoms with Crippen molar-refractivity contribution in [2.75, 3.05) is 13.1 Å². The number of hydrazine groups is 1. The van der Waals surface area contributed by atoms with Crippen molar-refractivity contribution < 1.29 is 0 Å². The van der Waals surface area contributed by atoms with Gasteiger partial charge in [-0.2, -0.15) is 0 Å². The summed E-state index contributed by atoms with van der Waals surface area (Å²) in [5, 5.41) is 2.47. The Labute approximate surface area is 94.4 Å². The van der Waals surface area contributed by atoms with Gasteiger partial charge in [0.25, 0.3) is 0 Å². The van der Waals surface area contributed by atoms with E-state index in [0.29, 0.717) is 0 Å². The van der Waals surface area contributed by atoms with Crippen LogP contribution in [0.4, 0.5) is 0 Å². The van der Waals surface area contributed by atoms with Crippen LogP contribution in [0.1, 0.15) is 52.4 Å². The summed E-state index contributed by atoms with van der Waals surface area (Å²) in [4.78, 5) is 0. The summed E-state index contributed by atoms with van der Waals surface area (Å²) in [6, 6.07) is 0.752. The molecule has 2 atom stereocenters. The molecule has 0 radical (unpaired) electrons. The van der Waals surface area contributed by atoms with Crippen molar-refractivity contribution in [2.45, 2.75) is 58.4 Å². The topological polar surface area (TPSA) is 15.3 Å². The van der Waals surface area contributed by atoms with Gasteiger partial charge in [0.2, 0.25) is 0 Å². The fourth-order valence-electron chi connectivity index (χ4n) is 3.33. The Hall–Kier alpha value is -0.0800. The van der Waals surface area contributed by atoms with Gasteiger partial charge in [0.05, 0.1) is 0 Å². The smallest absolute Gasteiger partial charge is 0.0220 e. The molecule has 2 unspecified atom stereocenters. The molecule has 2 heteroatoms. The molecule has 0 spiro atoms. The third-order valence-corrected chi connectivity index (χ3v) is 3.90. The minimum Gasteiger partial charge on any atom is -0.252 e.